The molecule has 0 spiro atoms. The fourth-order valence-electron chi connectivity index (χ4n) is 2.09. The molecule has 4 heteroatoms. The normalized spacial score (nSPS) is 12.2. The van der Waals surface area contributed by atoms with E-state index in [2.05, 4.69) is 19.2 Å². The minimum absolute atomic E-state index is 0.0734. The Morgan fingerprint density at radius 1 is 1.26 bits per heavy atom. The average molecular weight is 263 g/mol. The quantitative estimate of drug-likeness (QED) is 0.828. The smallest absolute Gasteiger partial charge is 0.335 e. The minimum Gasteiger partial charge on any atom is -0.478 e. The number of hydrogen-bond donors (Lipinski definition) is 2. The summed E-state index contributed by atoms with van der Waals surface area (Å²) in [6.07, 6.45) is 1.14. The first kappa shape index (κ1) is 15.2. The maximum Gasteiger partial charge on any atom is 0.335 e. The number of carboxylic acids is 1. The highest BCUT2D eigenvalue weighted by Gasteiger charge is 2.11. The average Bonchev–Trinajstić information content (AvgIpc) is 2.27. The van der Waals surface area contributed by atoms with Crippen LogP contribution in [-0.4, -0.2) is 23.0 Å². The molecule has 0 aliphatic rings. The second kappa shape index (κ2) is 6.92. The molecule has 1 aromatic rings. The van der Waals surface area contributed by atoms with Crippen LogP contribution < -0.4 is 5.32 Å². The highest BCUT2D eigenvalue weighted by Crippen LogP contribution is 2.07. The van der Waals surface area contributed by atoms with Gasteiger partial charge in [-0.3, -0.25) is 4.79 Å². The Bertz CT molecular complexity index is 454. The fourth-order valence-corrected chi connectivity index (χ4v) is 2.09. The van der Waals surface area contributed by atoms with E-state index in [9.17, 15) is 9.59 Å². The topological polar surface area (TPSA) is 66.4 Å². The Hall–Kier alpha value is -1.84. The third-order valence-electron chi connectivity index (χ3n) is 2.77. The zero-order chi connectivity index (χ0) is 14.4. The molecule has 0 aromatic heterocycles. The molecule has 0 fully saturated rings. The summed E-state index contributed by atoms with van der Waals surface area (Å²) < 4.78 is 0. The number of rotatable bonds is 6. The van der Waals surface area contributed by atoms with Crippen LogP contribution in [0.2, 0.25) is 0 Å². The Kier molecular flexibility index (Phi) is 5.55. The van der Waals surface area contributed by atoms with Crippen molar-refractivity contribution < 1.29 is 14.7 Å². The number of hydrogen-bond acceptors (Lipinski definition) is 2. The van der Waals surface area contributed by atoms with Gasteiger partial charge in [0.25, 0.3) is 0 Å². The van der Waals surface area contributed by atoms with Crippen LogP contribution >= 0.6 is 0 Å². The summed E-state index contributed by atoms with van der Waals surface area (Å²) in [6.45, 7) is 6.20. The van der Waals surface area contributed by atoms with Crippen molar-refractivity contribution in [1.29, 1.82) is 0 Å². The van der Waals surface area contributed by atoms with Gasteiger partial charge in [-0.2, -0.15) is 0 Å². The van der Waals surface area contributed by atoms with E-state index in [0.29, 0.717) is 11.5 Å². The lowest BCUT2D eigenvalue weighted by atomic mass is 10.0. The highest BCUT2D eigenvalue weighted by molar-refractivity contribution is 5.88. The van der Waals surface area contributed by atoms with Crippen LogP contribution in [0.5, 0.6) is 0 Å². The van der Waals surface area contributed by atoms with Crippen LogP contribution in [0.25, 0.3) is 0 Å². The van der Waals surface area contributed by atoms with E-state index >= 15 is 0 Å². The Balaban J connectivity index is 2.57. The first-order chi connectivity index (χ1) is 8.88. The van der Waals surface area contributed by atoms with Gasteiger partial charge in [0.05, 0.1) is 12.0 Å². The molecule has 104 valence electrons. The summed E-state index contributed by atoms with van der Waals surface area (Å²) >= 11 is 0. The van der Waals surface area contributed by atoms with Crippen molar-refractivity contribution in [2.45, 2.75) is 39.7 Å². The van der Waals surface area contributed by atoms with Gasteiger partial charge in [0, 0.05) is 6.04 Å². The molecular formula is C15H21NO3. The van der Waals surface area contributed by atoms with E-state index < -0.39 is 5.97 Å². The number of amides is 1. The molecule has 0 bridgehead atoms. The van der Waals surface area contributed by atoms with Gasteiger partial charge in [-0.15, -0.1) is 0 Å². The van der Waals surface area contributed by atoms with Gasteiger partial charge in [-0.05, 0) is 37.0 Å². The number of carbonyl (C=O) groups is 2. The van der Waals surface area contributed by atoms with Crippen LogP contribution in [0, 0.1) is 5.92 Å². The predicted octanol–water partition coefficient (Wildman–Crippen LogP) is 2.48. The number of aromatic carboxylic acids is 1. The molecule has 1 rings (SSSR count). The minimum atomic E-state index is -0.976. The maximum absolute atomic E-state index is 11.8. The number of benzene rings is 1. The van der Waals surface area contributed by atoms with Gasteiger partial charge in [0.2, 0.25) is 5.91 Å². The predicted molar refractivity (Wildman–Crippen MR) is 74.2 cm³/mol. The van der Waals surface area contributed by atoms with Crippen molar-refractivity contribution in [2.75, 3.05) is 0 Å². The summed E-state index contributed by atoms with van der Waals surface area (Å²) in [4.78, 5) is 22.7. The van der Waals surface area contributed by atoms with E-state index in [4.69, 9.17) is 5.11 Å². The van der Waals surface area contributed by atoms with Gasteiger partial charge in [-0.25, -0.2) is 4.79 Å². The molecule has 0 saturated heterocycles. The Morgan fingerprint density at radius 3 is 2.53 bits per heavy atom. The summed E-state index contributed by atoms with van der Waals surface area (Å²) in [6, 6.07) is 6.61. The van der Waals surface area contributed by atoms with E-state index in [-0.39, 0.29) is 23.9 Å². The monoisotopic (exact) mass is 263 g/mol. The van der Waals surface area contributed by atoms with Crippen LogP contribution in [0.4, 0.5) is 0 Å². The lowest BCUT2D eigenvalue weighted by molar-refractivity contribution is -0.121. The maximum atomic E-state index is 11.8. The van der Waals surface area contributed by atoms with Crippen molar-refractivity contribution in [1.82, 2.24) is 5.32 Å². The van der Waals surface area contributed by atoms with Gasteiger partial charge >= 0.3 is 5.97 Å². The van der Waals surface area contributed by atoms with Crippen LogP contribution in [0.15, 0.2) is 24.3 Å². The molecule has 0 aliphatic carbocycles. The van der Waals surface area contributed by atoms with E-state index in [1.807, 2.05) is 6.92 Å². The van der Waals surface area contributed by atoms with Gasteiger partial charge in [0.15, 0.2) is 0 Å². The molecule has 0 radical (unpaired) electrons. The van der Waals surface area contributed by atoms with Gasteiger partial charge in [0.1, 0.15) is 0 Å². The Morgan fingerprint density at radius 2 is 1.95 bits per heavy atom. The molecular weight excluding hydrogens is 242 g/mol. The summed E-state index contributed by atoms with van der Waals surface area (Å²) in [7, 11) is 0. The number of nitrogens with one attached hydrogen (secondary N) is 1. The fraction of sp³-hybridized carbons (Fsp3) is 0.467. The second-order valence-corrected chi connectivity index (χ2v) is 5.28. The molecule has 0 aliphatic heterocycles. The molecule has 1 aromatic carbocycles. The zero-order valence-corrected chi connectivity index (χ0v) is 11.6. The van der Waals surface area contributed by atoms with Crippen molar-refractivity contribution in [2.24, 2.45) is 5.92 Å². The molecule has 1 atom stereocenters. The first-order valence-corrected chi connectivity index (χ1v) is 6.50. The molecule has 1 unspecified atom stereocenters. The van der Waals surface area contributed by atoms with Gasteiger partial charge in [-0.1, -0.05) is 26.0 Å². The summed E-state index contributed by atoms with van der Waals surface area (Å²) in [5.74, 6) is -0.517. The van der Waals surface area contributed by atoms with Crippen molar-refractivity contribution >= 4 is 11.9 Å². The summed E-state index contributed by atoms with van der Waals surface area (Å²) in [5.41, 5.74) is 0.926. The SMILES string of the molecule is CC(C)CC(C)NC(=O)Cc1cccc(C(=O)O)c1. The third-order valence-corrected chi connectivity index (χ3v) is 2.77. The van der Waals surface area contributed by atoms with Crippen molar-refractivity contribution in [3.63, 3.8) is 0 Å². The molecule has 0 heterocycles. The Labute approximate surface area is 113 Å². The molecule has 4 nitrogen and oxygen atoms in total. The van der Waals surface area contributed by atoms with Crippen molar-refractivity contribution in [3.8, 4) is 0 Å². The highest BCUT2D eigenvalue weighted by atomic mass is 16.4. The molecule has 19 heavy (non-hydrogen) atoms. The van der Waals surface area contributed by atoms with Crippen LogP contribution in [0.3, 0.4) is 0 Å². The van der Waals surface area contributed by atoms with Crippen LogP contribution in [-0.2, 0) is 11.2 Å². The van der Waals surface area contributed by atoms with Crippen LogP contribution in [0.1, 0.15) is 43.1 Å². The molecule has 0 saturated carbocycles. The standard InChI is InChI=1S/C15H21NO3/c1-10(2)7-11(3)16-14(17)9-12-5-4-6-13(8-12)15(18)19/h4-6,8,10-11H,7,9H2,1-3H3,(H,16,17)(H,18,19). The largest absolute Gasteiger partial charge is 0.478 e. The number of carbonyl (C=O) groups excluding carboxylic acids is 1. The molecule has 1 amide bonds. The zero-order valence-electron chi connectivity index (χ0n) is 11.6. The summed E-state index contributed by atoms with van der Waals surface area (Å²) in [5, 5.41) is 11.8. The first-order valence-electron chi connectivity index (χ1n) is 6.50. The lowest BCUT2D eigenvalue weighted by Gasteiger charge is -2.16. The van der Waals surface area contributed by atoms with Gasteiger partial charge < -0.3 is 10.4 Å². The number of carboxylic acid groups (broad SMARTS) is 1. The molecule has 2 N–H and O–H groups in total. The van der Waals surface area contributed by atoms with E-state index in [1.54, 1.807) is 12.1 Å². The van der Waals surface area contributed by atoms with Crippen molar-refractivity contribution in [3.05, 3.63) is 35.4 Å². The van der Waals surface area contributed by atoms with E-state index in [1.165, 1.54) is 12.1 Å². The second-order valence-electron chi connectivity index (χ2n) is 5.28. The van der Waals surface area contributed by atoms with E-state index in [0.717, 1.165) is 6.42 Å². The third kappa shape index (κ3) is 5.55. The lowest BCUT2D eigenvalue weighted by Crippen LogP contribution is -2.34.